The third kappa shape index (κ3) is 4.35. The number of rotatable bonds is 4. The van der Waals surface area contributed by atoms with Gasteiger partial charge in [-0.2, -0.15) is 9.61 Å². The molecule has 0 spiro atoms. The first-order chi connectivity index (χ1) is 17.3. The van der Waals surface area contributed by atoms with E-state index in [4.69, 9.17) is 21.4 Å². The minimum Gasteiger partial charge on any atom is -0.373 e. The van der Waals surface area contributed by atoms with Gasteiger partial charge in [-0.15, -0.1) is 0 Å². The first-order valence-electron chi connectivity index (χ1n) is 12.0. The van der Waals surface area contributed by atoms with Gasteiger partial charge in [0, 0.05) is 58.7 Å². The van der Waals surface area contributed by atoms with Gasteiger partial charge < -0.3 is 9.30 Å². The molecule has 1 aliphatic heterocycles. The molecule has 1 aliphatic rings. The number of pyridine rings is 1. The third-order valence-corrected chi connectivity index (χ3v) is 7.16. The van der Waals surface area contributed by atoms with Crippen molar-refractivity contribution >= 4 is 17.2 Å². The van der Waals surface area contributed by atoms with Gasteiger partial charge in [0.15, 0.2) is 5.65 Å². The van der Waals surface area contributed by atoms with Gasteiger partial charge in [-0.1, -0.05) is 11.6 Å². The van der Waals surface area contributed by atoms with E-state index in [2.05, 4.69) is 4.98 Å². The molecule has 9 heteroatoms. The van der Waals surface area contributed by atoms with E-state index in [9.17, 15) is 9.59 Å². The van der Waals surface area contributed by atoms with E-state index in [1.54, 1.807) is 42.7 Å². The molecule has 1 saturated heterocycles. The first-order valence-corrected chi connectivity index (χ1v) is 12.3. The Morgan fingerprint density at radius 1 is 1.14 bits per heavy atom. The monoisotopic (exact) mass is 508 g/mol. The summed E-state index contributed by atoms with van der Waals surface area (Å²) in [4.78, 5) is 29.8. The summed E-state index contributed by atoms with van der Waals surface area (Å²) in [7, 11) is 0. The van der Waals surface area contributed by atoms with Crippen molar-refractivity contribution in [3.05, 3.63) is 96.7 Å². The first kappa shape index (κ1) is 24.3. The molecule has 1 fully saturated rings. The van der Waals surface area contributed by atoms with Crippen molar-refractivity contribution in [1.82, 2.24) is 19.2 Å². The van der Waals surface area contributed by atoms with E-state index in [1.807, 2.05) is 19.2 Å². The number of aromatic nitrogens is 4. The molecule has 0 unspecified atom stereocenters. The molecule has 0 saturated carbocycles. The minimum atomic E-state index is -0.499. The van der Waals surface area contributed by atoms with Gasteiger partial charge in [-0.3, -0.25) is 9.59 Å². The fourth-order valence-electron chi connectivity index (χ4n) is 4.71. The van der Waals surface area contributed by atoms with Crippen LogP contribution < -0.4 is 11.1 Å². The van der Waals surface area contributed by atoms with Crippen molar-refractivity contribution in [3.8, 4) is 11.1 Å². The van der Waals surface area contributed by atoms with Crippen molar-refractivity contribution < 1.29 is 9.13 Å². The molecule has 1 aromatic carbocycles. The zero-order chi connectivity index (χ0) is 25.6. The van der Waals surface area contributed by atoms with Crippen molar-refractivity contribution in [2.75, 3.05) is 6.61 Å². The highest BCUT2D eigenvalue weighted by Gasteiger charge is 2.28. The number of benzene rings is 1. The van der Waals surface area contributed by atoms with Gasteiger partial charge in [0.1, 0.15) is 5.82 Å². The van der Waals surface area contributed by atoms with E-state index in [-0.39, 0.29) is 28.2 Å². The normalized spacial score (nSPS) is 18.0. The summed E-state index contributed by atoms with van der Waals surface area (Å²) < 4.78 is 24.0. The molecule has 0 bridgehead atoms. The SMILES string of the molecule is CCn1cc([C@H]2C[C@@H](c3cc(-c4ccc(Cl)cc4F)c4nc(C)c(C)c(=O)n4n3)CCO2)ccc1=O. The molecule has 0 N–H and O–H groups in total. The van der Waals surface area contributed by atoms with E-state index in [0.717, 1.165) is 5.56 Å². The summed E-state index contributed by atoms with van der Waals surface area (Å²) in [6.45, 7) is 6.44. The Morgan fingerprint density at radius 2 is 1.94 bits per heavy atom. The highest BCUT2D eigenvalue weighted by molar-refractivity contribution is 6.30. The quantitative estimate of drug-likeness (QED) is 0.388. The molecule has 4 aromatic rings. The molecule has 0 amide bonds. The Balaban J connectivity index is 1.64. The maximum absolute atomic E-state index is 15.0. The van der Waals surface area contributed by atoms with Crippen LogP contribution >= 0.6 is 11.6 Å². The predicted molar refractivity (Wildman–Crippen MR) is 136 cm³/mol. The molecule has 36 heavy (non-hydrogen) atoms. The van der Waals surface area contributed by atoms with E-state index in [1.165, 1.54) is 10.6 Å². The third-order valence-electron chi connectivity index (χ3n) is 6.92. The molecule has 7 nitrogen and oxygen atoms in total. The molecule has 3 aromatic heterocycles. The number of nitrogens with zero attached hydrogens (tertiary/aromatic N) is 4. The molecular weight excluding hydrogens is 483 g/mol. The van der Waals surface area contributed by atoms with Crippen LogP contribution in [0.5, 0.6) is 0 Å². The van der Waals surface area contributed by atoms with Gasteiger partial charge in [-0.05, 0) is 69.5 Å². The number of halogens is 2. The largest absolute Gasteiger partial charge is 0.373 e. The van der Waals surface area contributed by atoms with Crippen LogP contribution in [0.4, 0.5) is 4.39 Å². The summed E-state index contributed by atoms with van der Waals surface area (Å²) in [5.41, 5.74) is 3.38. The van der Waals surface area contributed by atoms with Crippen molar-refractivity contribution in [1.29, 1.82) is 0 Å². The van der Waals surface area contributed by atoms with Crippen LogP contribution in [0.2, 0.25) is 5.02 Å². The standard InChI is InChI=1S/C27H26ClFN4O3/c1-4-32-14-18(5-8-25(32)34)24-11-17(9-10-36-24)23-13-21(20-7-6-19(28)12-22(20)29)26-30-16(3)15(2)27(35)33(26)31-23/h5-8,12-14,17,24H,4,9-11H2,1-3H3/t17-,24+/m0/s1. The number of ether oxygens (including phenoxy) is 1. The van der Waals surface area contributed by atoms with Crippen LogP contribution in [-0.2, 0) is 11.3 Å². The zero-order valence-corrected chi connectivity index (χ0v) is 21.1. The molecule has 186 valence electrons. The van der Waals surface area contributed by atoms with Gasteiger partial charge in [0.2, 0.25) is 0 Å². The average Bonchev–Trinajstić information content (AvgIpc) is 2.87. The summed E-state index contributed by atoms with van der Waals surface area (Å²) in [6, 6.07) is 9.63. The Kier molecular flexibility index (Phi) is 6.49. The van der Waals surface area contributed by atoms with E-state index < -0.39 is 5.82 Å². The second kappa shape index (κ2) is 9.59. The zero-order valence-electron chi connectivity index (χ0n) is 20.3. The van der Waals surface area contributed by atoms with Crippen LogP contribution in [0.25, 0.3) is 16.8 Å². The van der Waals surface area contributed by atoms with Crippen LogP contribution in [0.3, 0.4) is 0 Å². The molecule has 4 heterocycles. The van der Waals surface area contributed by atoms with Crippen LogP contribution in [-0.4, -0.2) is 25.8 Å². The lowest BCUT2D eigenvalue weighted by molar-refractivity contribution is 0.00408. The average molecular weight is 509 g/mol. The highest BCUT2D eigenvalue weighted by atomic mass is 35.5. The fourth-order valence-corrected chi connectivity index (χ4v) is 4.87. The summed E-state index contributed by atoms with van der Waals surface area (Å²) in [5, 5.41) is 4.98. The van der Waals surface area contributed by atoms with Crippen LogP contribution in [0, 0.1) is 19.7 Å². The number of aryl methyl sites for hydroxylation is 2. The Labute approximate surface area is 212 Å². The topological polar surface area (TPSA) is 78.5 Å². The predicted octanol–water partition coefficient (Wildman–Crippen LogP) is 4.98. The lowest BCUT2D eigenvalue weighted by atomic mass is 9.89. The molecule has 0 aliphatic carbocycles. The Morgan fingerprint density at radius 3 is 2.69 bits per heavy atom. The smallest absolute Gasteiger partial charge is 0.277 e. The van der Waals surface area contributed by atoms with E-state index in [0.29, 0.717) is 59.7 Å². The number of fused-ring (bicyclic) bond motifs is 1. The minimum absolute atomic E-state index is 0.0437. The van der Waals surface area contributed by atoms with E-state index >= 15 is 4.39 Å². The van der Waals surface area contributed by atoms with Crippen LogP contribution in [0.1, 0.15) is 54.3 Å². The van der Waals surface area contributed by atoms with Gasteiger partial charge >= 0.3 is 0 Å². The van der Waals surface area contributed by atoms with Gasteiger partial charge in [0.05, 0.1) is 11.8 Å². The fraction of sp³-hybridized carbons (Fsp3) is 0.333. The lowest BCUT2D eigenvalue weighted by Crippen LogP contribution is -2.26. The van der Waals surface area contributed by atoms with Gasteiger partial charge in [-0.25, -0.2) is 9.37 Å². The molecule has 2 atom stereocenters. The molecular formula is C27H26ClFN4O3. The Hall–Kier alpha value is -3.36. The number of hydrogen-bond donors (Lipinski definition) is 0. The van der Waals surface area contributed by atoms with Gasteiger partial charge in [0.25, 0.3) is 11.1 Å². The van der Waals surface area contributed by atoms with Crippen molar-refractivity contribution in [2.24, 2.45) is 0 Å². The van der Waals surface area contributed by atoms with Crippen molar-refractivity contribution in [3.63, 3.8) is 0 Å². The number of hydrogen-bond acceptors (Lipinski definition) is 5. The molecule has 0 radical (unpaired) electrons. The second-order valence-electron chi connectivity index (χ2n) is 9.14. The summed E-state index contributed by atoms with van der Waals surface area (Å²) >= 11 is 5.99. The van der Waals surface area contributed by atoms with Crippen LogP contribution in [0.15, 0.2) is 52.2 Å². The van der Waals surface area contributed by atoms with Crippen molar-refractivity contribution in [2.45, 2.75) is 52.2 Å². The second-order valence-corrected chi connectivity index (χ2v) is 9.57. The highest BCUT2D eigenvalue weighted by Crippen LogP contribution is 2.38. The Bertz CT molecular complexity index is 1600. The summed E-state index contributed by atoms with van der Waals surface area (Å²) in [5.74, 6) is -0.543. The maximum Gasteiger partial charge on any atom is 0.277 e. The lowest BCUT2D eigenvalue weighted by Gasteiger charge is -2.30. The summed E-state index contributed by atoms with van der Waals surface area (Å²) in [6.07, 6.45) is 2.90. The molecule has 5 rings (SSSR count). The maximum atomic E-state index is 15.0.